The Labute approximate surface area is 459 Å². The van der Waals surface area contributed by atoms with E-state index in [0.717, 1.165) is 101 Å². The number of alkyl halides is 9. The molecule has 12 heterocycles. The number of piperidine rings is 1. The van der Waals surface area contributed by atoms with Gasteiger partial charge in [-0.3, -0.25) is 13.2 Å². The number of fused-ring (bicyclic) bond motifs is 3. The molecule has 432 valence electrons. The highest BCUT2D eigenvalue weighted by Gasteiger charge is 2.35. The Morgan fingerprint density at radius 3 is 1.05 bits per heavy atom. The van der Waals surface area contributed by atoms with Gasteiger partial charge in [0.15, 0.2) is 51.5 Å². The van der Waals surface area contributed by atoms with Gasteiger partial charge < -0.3 is 24.8 Å². The van der Waals surface area contributed by atoms with E-state index in [-0.39, 0.29) is 0 Å². The maximum absolute atomic E-state index is 12.9. The topological polar surface area (TPSA) is 199 Å². The summed E-state index contributed by atoms with van der Waals surface area (Å²) in [4.78, 5) is 54.9. The van der Waals surface area contributed by atoms with Crippen molar-refractivity contribution in [3.05, 3.63) is 110 Å². The van der Waals surface area contributed by atoms with Crippen molar-refractivity contribution < 1.29 is 44.3 Å². The van der Waals surface area contributed by atoms with E-state index in [1.165, 1.54) is 38.2 Å². The third kappa shape index (κ3) is 14.8. The molecule has 0 unspecified atom stereocenters. The third-order valence-corrected chi connectivity index (χ3v) is 12.1. The van der Waals surface area contributed by atoms with E-state index >= 15 is 0 Å². The Morgan fingerprint density at radius 1 is 0.395 bits per heavy atom. The van der Waals surface area contributed by atoms with Crippen LogP contribution in [0.1, 0.15) is 77.9 Å². The van der Waals surface area contributed by atoms with Gasteiger partial charge in [-0.25, -0.2) is 59.8 Å². The highest BCUT2D eigenvalue weighted by Crippen LogP contribution is 2.32. The van der Waals surface area contributed by atoms with Gasteiger partial charge in [0.25, 0.3) is 0 Å². The molecule has 81 heavy (non-hydrogen) atoms. The summed E-state index contributed by atoms with van der Waals surface area (Å²) in [6, 6.07) is 5.38. The van der Waals surface area contributed by atoms with Crippen molar-refractivity contribution in [3.8, 4) is 34.6 Å². The Morgan fingerprint density at radius 2 is 0.716 bits per heavy atom. The minimum Gasteiger partial charge on any atom is -0.378 e. The van der Waals surface area contributed by atoms with E-state index in [9.17, 15) is 39.5 Å². The van der Waals surface area contributed by atoms with E-state index in [1.54, 1.807) is 30.7 Å². The van der Waals surface area contributed by atoms with Gasteiger partial charge in [0.05, 0.1) is 50.4 Å². The second-order valence-electron chi connectivity index (χ2n) is 17.0. The fraction of sp³-hybridized carbons (Fsp3) is 0.423. The number of morpholine rings is 1. The van der Waals surface area contributed by atoms with Gasteiger partial charge in [-0.05, 0) is 37.5 Å². The second kappa shape index (κ2) is 27.3. The van der Waals surface area contributed by atoms with Crippen LogP contribution in [0.3, 0.4) is 0 Å². The molecule has 0 bridgehead atoms. The predicted molar refractivity (Wildman–Crippen MR) is 285 cm³/mol. The zero-order valence-electron chi connectivity index (χ0n) is 45.2. The summed E-state index contributed by atoms with van der Waals surface area (Å²) >= 11 is 0. The van der Waals surface area contributed by atoms with Gasteiger partial charge in [0, 0.05) is 89.5 Å². The first kappa shape index (κ1) is 60.4. The van der Waals surface area contributed by atoms with Crippen molar-refractivity contribution in [1.29, 1.82) is 0 Å². The minimum atomic E-state index is -4.54. The van der Waals surface area contributed by atoms with Crippen LogP contribution in [-0.2, 0) is 23.3 Å². The first-order valence-electron chi connectivity index (χ1n) is 26.3. The number of nitrogens with one attached hydrogen (secondary N) is 1. The molecule has 3 fully saturated rings. The van der Waals surface area contributed by atoms with E-state index in [1.807, 2.05) is 52.5 Å². The minimum absolute atomic E-state index is 0.295. The molecule has 3 aliphatic heterocycles. The molecule has 0 saturated carbocycles. The number of anilines is 3. The lowest BCUT2D eigenvalue weighted by Crippen LogP contribution is -2.43. The Hall–Kier alpha value is -8.21. The van der Waals surface area contributed by atoms with Gasteiger partial charge in [-0.15, -0.1) is 0 Å². The van der Waals surface area contributed by atoms with E-state index < -0.39 is 35.6 Å². The number of aromatic nitrogens is 15. The fourth-order valence-electron chi connectivity index (χ4n) is 8.36. The molecule has 20 nitrogen and oxygen atoms in total. The van der Waals surface area contributed by atoms with Crippen LogP contribution in [0.4, 0.5) is 57.0 Å². The van der Waals surface area contributed by atoms with Crippen LogP contribution < -0.4 is 20.0 Å². The molecule has 1 N–H and O–H groups in total. The van der Waals surface area contributed by atoms with Crippen LogP contribution in [0.25, 0.3) is 51.5 Å². The Kier molecular flexibility index (Phi) is 20.4. The number of hydrogen-bond donors (Lipinski definition) is 1. The largest absolute Gasteiger partial charge is 0.434 e. The molecule has 0 atom stereocenters. The molecule has 0 aromatic carbocycles. The molecule has 12 rings (SSSR count). The van der Waals surface area contributed by atoms with Crippen LogP contribution >= 0.6 is 0 Å². The Bertz CT molecular complexity index is 3060. The fourth-order valence-corrected chi connectivity index (χ4v) is 8.36. The lowest BCUT2D eigenvalue weighted by molar-refractivity contribution is -0.142. The van der Waals surface area contributed by atoms with Crippen molar-refractivity contribution in [2.24, 2.45) is 0 Å². The normalized spacial score (nSPS) is 14.8. The predicted octanol–water partition coefficient (Wildman–Crippen LogP) is 9.93. The molecule has 0 amide bonds. The van der Waals surface area contributed by atoms with E-state index in [0.29, 0.717) is 83.6 Å². The van der Waals surface area contributed by atoms with Gasteiger partial charge in [0.1, 0.15) is 34.5 Å². The highest BCUT2D eigenvalue weighted by molar-refractivity contribution is 5.61. The molecular formula is C52H60F9N19O. The second-order valence-corrected chi connectivity index (χ2v) is 17.0. The summed E-state index contributed by atoms with van der Waals surface area (Å²) in [6.45, 7) is 19.8. The van der Waals surface area contributed by atoms with E-state index in [2.05, 4.69) is 74.9 Å². The number of piperazine rings is 1. The molecule has 9 aromatic rings. The summed E-state index contributed by atoms with van der Waals surface area (Å²) in [5, 5.41) is 3.26. The first-order chi connectivity index (χ1) is 39.1. The number of nitrogens with zero attached hydrogens (tertiary/aromatic N) is 18. The van der Waals surface area contributed by atoms with Crippen LogP contribution in [0.2, 0.25) is 0 Å². The van der Waals surface area contributed by atoms with Gasteiger partial charge in [-0.1, -0.05) is 41.5 Å². The molecular weight excluding hydrogens is 1080 g/mol. The molecule has 29 heteroatoms. The van der Waals surface area contributed by atoms with Crippen molar-refractivity contribution in [1.82, 2.24) is 78.3 Å². The van der Waals surface area contributed by atoms with Crippen molar-refractivity contribution >= 4 is 34.4 Å². The average Bonchev–Trinajstić information content (AvgIpc) is 4.41. The monoisotopic (exact) mass is 1140 g/mol. The third-order valence-electron chi connectivity index (χ3n) is 12.1. The maximum Gasteiger partial charge on any atom is 0.434 e. The summed E-state index contributed by atoms with van der Waals surface area (Å²) in [7, 11) is 0. The number of hydrogen-bond acceptors (Lipinski definition) is 17. The lowest BCUT2D eigenvalue weighted by Gasteiger charge is -2.28. The maximum atomic E-state index is 12.9. The molecule has 9 aromatic heterocycles. The van der Waals surface area contributed by atoms with Gasteiger partial charge >= 0.3 is 18.5 Å². The summed E-state index contributed by atoms with van der Waals surface area (Å²) in [5.41, 5.74) is -0.885. The molecule has 0 aliphatic carbocycles. The summed E-state index contributed by atoms with van der Waals surface area (Å²) in [6.07, 6.45) is 5.01. The summed E-state index contributed by atoms with van der Waals surface area (Å²) in [5.74, 6) is 3.19. The smallest absolute Gasteiger partial charge is 0.378 e. The molecule has 3 saturated heterocycles. The number of rotatable bonds is 6. The van der Waals surface area contributed by atoms with Crippen LogP contribution in [-0.4, -0.2) is 139 Å². The zero-order valence-corrected chi connectivity index (χ0v) is 45.2. The Balaban J connectivity index is 0.000000167. The van der Waals surface area contributed by atoms with Crippen molar-refractivity contribution in [3.63, 3.8) is 0 Å². The molecule has 3 aliphatic rings. The molecule has 0 radical (unpaired) electrons. The number of halogens is 9. The van der Waals surface area contributed by atoms with Crippen LogP contribution in [0.5, 0.6) is 0 Å². The van der Waals surface area contributed by atoms with Crippen molar-refractivity contribution in [2.45, 2.75) is 79.3 Å². The summed E-state index contributed by atoms with van der Waals surface area (Å²) < 4.78 is 126. The van der Waals surface area contributed by atoms with Crippen LogP contribution in [0.15, 0.2) is 92.6 Å². The van der Waals surface area contributed by atoms with Gasteiger partial charge in [0.2, 0.25) is 0 Å². The van der Waals surface area contributed by atoms with Gasteiger partial charge in [-0.2, -0.15) is 39.5 Å². The quantitative estimate of drug-likeness (QED) is 0.154. The van der Waals surface area contributed by atoms with E-state index in [4.69, 9.17) is 4.74 Å². The zero-order chi connectivity index (χ0) is 58.3. The first-order valence-corrected chi connectivity index (χ1v) is 26.3. The van der Waals surface area contributed by atoms with Crippen molar-refractivity contribution in [2.75, 3.05) is 80.3 Å². The highest BCUT2D eigenvalue weighted by atomic mass is 19.4. The SMILES string of the molecule is CC.CC.CC.FC(F)(F)c1cn2c(-c3nccc(N4CCCCC4)n3)cnc2cn1.FC(F)(F)c1cn2c(-c3nccc(N4CCNCC4)n3)cnc2cn1.FC(F)(F)c1cn2c(-c3nccc(N4CCOCC4)n3)cnc2cn1. The molecule has 0 spiro atoms. The van der Waals surface area contributed by atoms with Crippen LogP contribution in [0, 0.1) is 0 Å². The standard InChI is InChI=1S/C16H15F3N6.C15H14F3N7.C15H13F3N6O.3C2H6/c17-16(18,19)12-10-25-11(8-22-14(25)9-21-12)15-20-5-4-13(23-15)24-6-2-1-3-7-24;16-15(17,18)11-9-25-10(7-22-13(25)8-21-11)14-20-2-1-12(23-14)24-5-3-19-4-6-24;16-15(17,18)11-9-24-10(7-21-13(24)8-20-11)14-19-2-1-12(22-14)23-3-5-25-6-4-23;3*1-2/h4-5,8-10H,1-3,6-7H2;1-2,7-9,19H,3-6H2;1-2,7-9H,3-6H2;3*1-2H3. The number of ether oxygens (including phenoxy) is 1. The number of imidazole rings is 3. The lowest BCUT2D eigenvalue weighted by atomic mass is 10.1. The average molecular weight is 1140 g/mol.